The average molecular weight is 323 g/mol. The molecule has 23 heavy (non-hydrogen) atoms. The Bertz CT molecular complexity index is 488. The molecule has 1 rings (SSSR count). The number of hydrogen-bond donors (Lipinski definition) is 1. The second kappa shape index (κ2) is 11.2. The third-order valence-electron chi connectivity index (χ3n) is 4.11. The number of aryl methyl sites for hydroxylation is 1. The summed E-state index contributed by atoms with van der Waals surface area (Å²) in [5, 5.41) is 14.8. The molecule has 0 aliphatic heterocycles. The molecular formula is C17H33N5O. The Labute approximate surface area is 140 Å². The van der Waals surface area contributed by atoms with Crippen LogP contribution in [-0.2, 0) is 6.42 Å². The van der Waals surface area contributed by atoms with Gasteiger partial charge >= 0.3 is 0 Å². The summed E-state index contributed by atoms with van der Waals surface area (Å²) >= 11 is 0. The molecule has 0 aromatic carbocycles. The van der Waals surface area contributed by atoms with Crippen LogP contribution in [0, 0.1) is 0 Å². The zero-order valence-electron chi connectivity index (χ0n) is 15.3. The first kappa shape index (κ1) is 19.6. The van der Waals surface area contributed by atoms with Crippen LogP contribution in [-0.4, -0.2) is 40.1 Å². The molecule has 0 fully saturated rings. The van der Waals surface area contributed by atoms with Crippen LogP contribution < -0.4 is 10.6 Å². The summed E-state index contributed by atoms with van der Waals surface area (Å²) in [6.45, 7) is 11.2. The van der Waals surface area contributed by atoms with E-state index in [0.717, 1.165) is 51.0 Å². The van der Waals surface area contributed by atoms with E-state index in [1.54, 1.807) is 0 Å². The zero-order chi connectivity index (χ0) is 17.1. The molecule has 0 bridgehead atoms. The fourth-order valence-corrected chi connectivity index (χ4v) is 2.81. The molecule has 0 amide bonds. The molecule has 1 aromatic heterocycles. The van der Waals surface area contributed by atoms with Crippen molar-refractivity contribution in [3.63, 3.8) is 0 Å². The number of anilines is 1. The Balaban J connectivity index is 2.95. The molecule has 0 saturated carbocycles. The first-order chi connectivity index (χ1) is 11.2. The standard InChI is InChI=1S/C17H33N5O/c1-5-9-11-12-14-21(7-3)22(8-4)16-15(13-10-6-2)18-20-19-17(16)23/h5-14H2,1-4H3,(H,18,19,23). The van der Waals surface area contributed by atoms with E-state index in [-0.39, 0.29) is 5.56 Å². The summed E-state index contributed by atoms with van der Waals surface area (Å²) in [6.07, 6.45) is 7.78. The van der Waals surface area contributed by atoms with Gasteiger partial charge in [0.15, 0.2) is 0 Å². The predicted octanol–water partition coefficient (Wildman–Crippen LogP) is 3.15. The summed E-state index contributed by atoms with van der Waals surface area (Å²) in [4.78, 5) is 12.4. The van der Waals surface area contributed by atoms with Gasteiger partial charge in [0.05, 0.1) is 5.69 Å². The topological polar surface area (TPSA) is 65.1 Å². The van der Waals surface area contributed by atoms with Crippen LogP contribution in [0.1, 0.15) is 71.9 Å². The summed E-state index contributed by atoms with van der Waals surface area (Å²) < 4.78 is 0. The van der Waals surface area contributed by atoms with Crippen LogP contribution in [0.25, 0.3) is 0 Å². The molecule has 0 saturated heterocycles. The van der Waals surface area contributed by atoms with Gasteiger partial charge in [0.25, 0.3) is 5.56 Å². The second-order valence-electron chi connectivity index (χ2n) is 5.86. The van der Waals surface area contributed by atoms with Crippen molar-refractivity contribution < 1.29 is 0 Å². The monoisotopic (exact) mass is 323 g/mol. The molecule has 0 aliphatic rings. The molecule has 1 N–H and O–H groups in total. The van der Waals surface area contributed by atoms with Gasteiger partial charge in [0.2, 0.25) is 0 Å². The van der Waals surface area contributed by atoms with Crippen LogP contribution in [0.2, 0.25) is 0 Å². The number of nitrogens with zero attached hydrogens (tertiary/aromatic N) is 4. The van der Waals surface area contributed by atoms with Crippen LogP contribution >= 0.6 is 0 Å². The summed E-state index contributed by atoms with van der Waals surface area (Å²) in [7, 11) is 0. The normalized spacial score (nSPS) is 11.2. The number of H-pyrrole nitrogens is 1. The molecule has 0 atom stereocenters. The van der Waals surface area contributed by atoms with E-state index in [0.29, 0.717) is 5.69 Å². The van der Waals surface area contributed by atoms with Gasteiger partial charge in [-0.3, -0.25) is 9.80 Å². The number of hydrogen-bond acceptors (Lipinski definition) is 5. The molecule has 6 nitrogen and oxygen atoms in total. The first-order valence-corrected chi connectivity index (χ1v) is 9.16. The lowest BCUT2D eigenvalue weighted by Crippen LogP contribution is -2.46. The first-order valence-electron chi connectivity index (χ1n) is 9.16. The number of rotatable bonds is 12. The van der Waals surface area contributed by atoms with Crippen molar-refractivity contribution in [1.82, 2.24) is 20.4 Å². The van der Waals surface area contributed by atoms with Crippen LogP contribution in [0.15, 0.2) is 4.79 Å². The highest BCUT2D eigenvalue weighted by Crippen LogP contribution is 2.17. The third kappa shape index (κ3) is 5.94. The molecule has 1 heterocycles. The van der Waals surface area contributed by atoms with Crippen molar-refractivity contribution in [3.05, 3.63) is 16.0 Å². The van der Waals surface area contributed by atoms with Gasteiger partial charge in [-0.1, -0.05) is 51.7 Å². The average Bonchev–Trinajstić information content (AvgIpc) is 2.57. The highest BCUT2D eigenvalue weighted by atomic mass is 16.1. The van der Waals surface area contributed by atoms with Crippen molar-refractivity contribution in [3.8, 4) is 0 Å². The van der Waals surface area contributed by atoms with E-state index in [1.165, 1.54) is 19.3 Å². The Morgan fingerprint density at radius 2 is 1.70 bits per heavy atom. The smallest absolute Gasteiger partial charge is 0.292 e. The van der Waals surface area contributed by atoms with Gasteiger partial charge in [-0.15, -0.1) is 5.10 Å². The minimum Gasteiger partial charge on any atom is -0.299 e. The number of hydrazine groups is 1. The minimum absolute atomic E-state index is 0.139. The fourth-order valence-electron chi connectivity index (χ4n) is 2.81. The quantitative estimate of drug-likeness (QED) is 0.473. The summed E-state index contributed by atoms with van der Waals surface area (Å²) in [5.74, 6) is 0. The Morgan fingerprint density at radius 3 is 2.30 bits per heavy atom. The Morgan fingerprint density at radius 1 is 0.957 bits per heavy atom. The summed E-state index contributed by atoms with van der Waals surface area (Å²) in [6, 6.07) is 0. The molecule has 1 aromatic rings. The third-order valence-corrected chi connectivity index (χ3v) is 4.11. The van der Waals surface area contributed by atoms with Gasteiger partial charge in [0.1, 0.15) is 5.69 Å². The maximum Gasteiger partial charge on any atom is 0.292 e. The lowest BCUT2D eigenvalue weighted by atomic mass is 10.1. The Hall–Kier alpha value is -1.43. The van der Waals surface area contributed by atoms with Crippen LogP contribution in [0.5, 0.6) is 0 Å². The highest BCUT2D eigenvalue weighted by molar-refractivity contribution is 5.47. The molecule has 132 valence electrons. The van der Waals surface area contributed by atoms with E-state index >= 15 is 0 Å². The van der Waals surface area contributed by atoms with Gasteiger partial charge in [-0.05, 0) is 26.2 Å². The van der Waals surface area contributed by atoms with Crippen LogP contribution in [0.4, 0.5) is 5.69 Å². The Kier molecular flexibility index (Phi) is 9.52. The van der Waals surface area contributed by atoms with E-state index < -0.39 is 0 Å². The fraction of sp³-hybridized carbons (Fsp3) is 0.824. The van der Waals surface area contributed by atoms with E-state index in [1.807, 2.05) is 0 Å². The molecule has 0 radical (unpaired) electrons. The molecule has 0 spiro atoms. The molecule has 6 heteroatoms. The zero-order valence-corrected chi connectivity index (χ0v) is 15.3. The number of unbranched alkanes of at least 4 members (excludes halogenated alkanes) is 4. The lowest BCUT2D eigenvalue weighted by molar-refractivity contribution is 0.256. The number of nitrogens with one attached hydrogen (secondary N) is 1. The molecule has 0 unspecified atom stereocenters. The van der Waals surface area contributed by atoms with Gasteiger partial charge in [-0.25, -0.2) is 10.1 Å². The highest BCUT2D eigenvalue weighted by Gasteiger charge is 2.20. The largest absolute Gasteiger partial charge is 0.299 e. The van der Waals surface area contributed by atoms with E-state index in [4.69, 9.17) is 0 Å². The van der Waals surface area contributed by atoms with Crippen LogP contribution in [0.3, 0.4) is 0 Å². The van der Waals surface area contributed by atoms with Crippen molar-refractivity contribution in [2.75, 3.05) is 24.6 Å². The van der Waals surface area contributed by atoms with Crippen molar-refractivity contribution in [2.45, 2.75) is 72.6 Å². The van der Waals surface area contributed by atoms with Crippen molar-refractivity contribution >= 4 is 5.69 Å². The number of aromatic amines is 1. The van der Waals surface area contributed by atoms with Crippen molar-refractivity contribution in [2.24, 2.45) is 0 Å². The maximum absolute atomic E-state index is 12.4. The predicted molar refractivity (Wildman–Crippen MR) is 95.7 cm³/mol. The number of aromatic nitrogens is 3. The van der Waals surface area contributed by atoms with E-state index in [9.17, 15) is 4.79 Å². The second-order valence-corrected chi connectivity index (χ2v) is 5.86. The molecule has 0 aliphatic carbocycles. The lowest BCUT2D eigenvalue weighted by Gasteiger charge is -2.35. The van der Waals surface area contributed by atoms with E-state index in [2.05, 4.69) is 53.1 Å². The summed E-state index contributed by atoms with van der Waals surface area (Å²) in [5.41, 5.74) is 1.35. The SMILES string of the molecule is CCCCCCN(CC)N(CC)c1c(CCCC)nn[nH]c1=O. The maximum atomic E-state index is 12.4. The minimum atomic E-state index is -0.139. The van der Waals surface area contributed by atoms with Gasteiger partial charge in [0, 0.05) is 19.6 Å². The van der Waals surface area contributed by atoms with Gasteiger partial charge < -0.3 is 0 Å². The van der Waals surface area contributed by atoms with Crippen molar-refractivity contribution in [1.29, 1.82) is 0 Å². The van der Waals surface area contributed by atoms with Gasteiger partial charge in [-0.2, -0.15) is 0 Å². The molecular weight excluding hydrogens is 290 g/mol.